The lowest BCUT2D eigenvalue weighted by molar-refractivity contribution is -0.137. The van der Waals surface area contributed by atoms with Gasteiger partial charge in [0.15, 0.2) is 0 Å². The van der Waals surface area contributed by atoms with Gasteiger partial charge in [-0.2, -0.15) is 13.2 Å². The molecule has 0 unspecified atom stereocenters. The number of fused-ring (bicyclic) bond motifs is 8. The first-order chi connectivity index (χ1) is 50.3. The van der Waals surface area contributed by atoms with Crippen molar-refractivity contribution in [3.63, 3.8) is 0 Å². The molecule has 0 N–H and O–H groups in total. The van der Waals surface area contributed by atoms with Gasteiger partial charge in [-0.3, -0.25) is 0 Å². The van der Waals surface area contributed by atoms with E-state index in [4.69, 9.17) is 0 Å². The Bertz CT molecular complexity index is 5660. The second-order valence-electron chi connectivity index (χ2n) is 26.2. The Morgan fingerprint density at radius 1 is 0.275 bits per heavy atom. The normalized spacial score (nSPS) is 12.9. The van der Waals surface area contributed by atoms with Crippen LogP contribution >= 0.6 is 11.8 Å². The Labute approximate surface area is 596 Å². The van der Waals surface area contributed by atoms with Crippen molar-refractivity contribution in [2.45, 2.75) is 16.0 Å². The van der Waals surface area contributed by atoms with Gasteiger partial charge in [-0.1, -0.05) is 266 Å². The van der Waals surface area contributed by atoms with E-state index in [1.165, 1.54) is 6.07 Å². The molecule has 4 aliphatic heterocycles. The summed E-state index contributed by atoms with van der Waals surface area (Å²) in [4.78, 5) is 13.4. The van der Waals surface area contributed by atoms with Crippen molar-refractivity contribution in [2.75, 3.05) is 24.5 Å². The molecule has 15 aromatic rings. The summed E-state index contributed by atoms with van der Waals surface area (Å²) < 4.78 is 51.0. The van der Waals surface area contributed by atoms with Gasteiger partial charge in [0.25, 0.3) is 6.71 Å². The van der Waals surface area contributed by atoms with Crippen LogP contribution in [0.1, 0.15) is 5.56 Å². The molecule has 19 rings (SSSR count). The van der Waals surface area contributed by atoms with Gasteiger partial charge in [-0.05, 0) is 165 Å². The molecule has 4 heterocycles. The number of hydrogen-bond donors (Lipinski definition) is 0. The first kappa shape index (κ1) is 60.7. The highest BCUT2D eigenvalue weighted by molar-refractivity contribution is 8.00. The van der Waals surface area contributed by atoms with Crippen molar-refractivity contribution < 1.29 is 13.2 Å². The number of nitrogens with zero attached hydrogens (tertiary/aromatic N) is 5. The third-order valence-electron chi connectivity index (χ3n) is 20.4. The molecule has 102 heavy (non-hydrogen) atoms. The maximum absolute atomic E-state index is 17.0. The summed E-state index contributed by atoms with van der Waals surface area (Å²) in [5.74, 6) is 0. The molecule has 5 nitrogen and oxygen atoms in total. The summed E-state index contributed by atoms with van der Waals surface area (Å²) in [5.41, 5.74) is 23.6. The monoisotopic (exact) mass is 1330 g/mol. The van der Waals surface area contributed by atoms with E-state index in [1.807, 2.05) is 89.8 Å². The fourth-order valence-electron chi connectivity index (χ4n) is 16.2. The Morgan fingerprint density at radius 2 is 0.706 bits per heavy atom. The number of anilines is 15. The molecule has 0 bridgehead atoms. The van der Waals surface area contributed by atoms with E-state index in [-0.39, 0.29) is 12.4 Å². The summed E-state index contributed by atoms with van der Waals surface area (Å²) in [5, 5.41) is 0. The topological polar surface area (TPSA) is 16.2 Å². The van der Waals surface area contributed by atoms with Crippen LogP contribution in [-0.2, 0) is 6.18 Å². The van der Waals surface area contributed by atoms with Gasteiger partial charge in [-0.25, -0.2) is 0 Å². The Balaban J connectivity index is 0.916. The second kappa shape index (κ2) is 24.8. The van der Waals surface area contributed by atoms with Crippen LogP contribution in [-0.4, -0.2) is 13.4 Å². The zero-order chi connectivity index (χ0) is 68.0. The Kier molecular flexibility index (Phi) is 14.7. The minimum absolute atomic E-state index is 0.0459. The first-order valence-corrected chi connectivity index (χ1v) is 35.3. The van der Waals surface area contributed by atoms with Crippen LogP contribution in [0.4, 0.5) is 98.5 Å². The van der Waals surface area contributed by atoms with E-state index >= 15 is 13.2 Å². The van der Waals surface area contributed by atoms with E-state index in [9.17, 15) is 0 Å². The molecule has 0 aromatic heterocycles. The van der Waals surface area contributed by atoms with Crippen molar-refractivity contribution in [3.05, 3.63) is 370 Å². The zero-order valence-electron chi connectivity index (χ0n) is 55.1. The van der Waals surface area contributed by atoms with Crippen LogP contribution in [0.3, 0.4) is 0 Å². The molecule has 11 heteroatoms. The van der Waals surface area contributed by atoms with E-state index in [2.05, 4.69) is 287 Å². The van der Waals surface area contributed by atoms with Gasteiger partial charge in [0.2, 0.25) is 6.71 Å². The standard InChI is InChI=1S/C91H60B2F3N5S/c94-91(95,96)74-45-28-44-73(64-33-12-3-13-34-64)90(74)101-82-60-86-78(59-77(82)92-75-46-23-26-49-80(75)99(67-39-18-6-19-40-67)83-55-70(56-84(101)88(83)92)97(65-35-14-4-15-36-65)66-37-16-5-17-38-66)93-76-47-24-27-50-81(76)100(68-41-20-7-21-42-68)85-57-71(58-87(102-86)89(85)93)98(69-53-51-62(52-54-69)61-29-8-1-9-30-61)79-48-25-22-43-72(79)63-31-10-2-11-32-63/h1-60H. The van der Waals surface area contributed by atoms with Crippen LogP contribution in [0.15, 0.2) is 374 Å². The fourth-order valence-corrected chi connectivity index (χ4v) is 17.4. The van der Waals surface area contributed by atoms with Crippen molar-refractivity contribution in [2.24, 2.45) is 0 Å². The molecule has 0 atom stereocenters. The van der Waals surface area contributed by atoms with Gasteiger partial charge in [0, 0.05) is 89.2 Å². The lowest BCUT2D eigenvalue weighted by Crippen LogP contribution is -2.64. The molecule has 0 fully saturated rings. The third-order valence-corrected chi connectivity index (χ3v) is 21.6. The van der Waals surface area contributed by atoms with Gasteiger partial charge in [0.05, 0.1) is 22.6 Å². The Morgan fingerprint density at radius 3 is 1.27 bits per heavy atom. The highest BCUT2D eigenvalue weighted by Crippen LogP contribution is 2.55. The molecule has 482 valence electrons. The molecular formula is C91H60B2F3N5S. The molecule has 0 saturated carbocycles. The van der Waals surface area contributed by atoms with Crippen molar-refractivity contribution in [3.8, 4) is 33.4 Å². The minimum atomic E-state index is -4.80. The lowest BCUT2D eigenvalue weighted by atomic mass is 9.31. The first-order valence-electron chi connectivity index (χ1n) is 34.4. The van der Waals surface area contributed by atoms with Crippen LogP contribution in [0.5, 0.6) is 0 Å². The quantitative estimate of drug-likeness (QED) is 0.113. The summed E-state index contributed by atoms with van der Waals surface area (Å²) in [6.07, 6.45) is -4.80. The van der Waals surface area contributed by atoms with E-state index in [0.29, 0.717) is 22.5 Å². The highest BCUT2D eigenvalue weighted by atomic mass is 32.2. The van der Waals surface area contributed by atoms with E-state index < -0.39 is 18.5 Å². The number of hydrogen-bond acceptors (Lipinski definition) is 6. The predicted octanol–water partition coefficient (Wildman–Crippen LogP) is 21.5. The summed E-state index contributed by atoms with van der Waals surface area (Å²) in [6, 6.07) is 126. The molecule has 4 aliphatic rings. The number of halogens is 3. The fraction of sp³-hybridized carbons (Fsp3) is 0.0110. The van der Waals surface area contributed by atoms with Crippen LogP contribution < -0.4 is 57.3 Å². The minimum Gasteiger partial charge on any atom is -0.311 e. The Hall–Kier alpha value is -12.4. The van der Waals surface area contributed by atoms with Gasteiger partial charge in [-0.15, -0.1) is 0 Å². The summed E-state index contributed by atoms with van der Waals surface area (Å²) in [7, 11) is 0. The molecule has 0 radical (unpaired) electrons. The third kappa shape index (κ3) is 10.1. The smallest absolute Gasteiger partial charge is 0.311 e. The molecular weight excluding hydrogens is 1270 g/mol. The second-order valence-corrected chi connectivity index (χ2v) is 27.3. The summed E-state index contributed by atoms with van der Waals surface area (Å²) >= 11 is 1.70. The molecule has 0 aliphatic carbocycles. The number of benzene rings is 15. The number of rotatable bonds is 12. The van der Waals surface area contributed by atoms with Crippen molar-refractivity contribution in [1.29, 1.82) is 0 Å². The van der Waals surface area contributed by atoms with Gasteiger partial charge >= 0.3 is 6.18 Å². The van der Waals surface area contributed by atoms with E-state index in [0.717, 1.165) is 133 Å². The lowest BCUT2D eigenvalue weighted by Gasteiger charge is -2.46. The van der Waals surface area contributed by atoms with Crippen molar-refractivity contribution in [1.82, 2.24) is 0 Å². The average Bonchev–Trinajstić information content (AvgIpc) is 0.688. The average molecular weight is 1330 g/mol. The maximum atomic E-state index is 17.0. The maximum Gasteiger partial charge on any atom is 0.418 e. The highest BCUT2D eigenvalue weighted by Gasteiger charge is 2.49. The zero-order valence-corrected chi connectivity index (χ0v) is 55.9. The predicted molar refractivity (Wildman–Crippen MR) is 421 cm³/mol. The molecule has 15 aromatic carbocycles. The van der Waals surface area contributed by atoms with Gasteiger partial charge in [0.1, 0.15) is 0 Å². The van der Waals surface area contributed by atoms with Crippen molar-refractivity contribution >= 4 is 143 Å². The van der Waals surface area contributed by atoms with E-state index in [1.54, 1.807) is 17.8 Å². The molecule has 0 amide bonds. The van der Waals surface area contributed by atoms with Crippen LogP contribution in [0.2, 0.25) is 0 Å². The SMILES string of the molecule is FC(F)(F)c1cccc(-c2ccccc2)c1N1c2cc3c(cc2B2c4ccccc4N(c4ccccc4)c4cc(N(c5ccccc5)c5ccccc5)cc1c42)B1c2ccccc2N(c2ccccc2)c2cc(N(c4ccc(-c5ccccc5)cc4)c4ccccc4-c4ccccc4)cc(c21)S3. The molecule has 0 spiro atoms. The number of para-hydroxylation sites is 8. The number of alkyl halides is 3. The van der Waals surface area contributed by atoms with Crippen LogP contribution in [0, 0.1) is 0 Å². The molecule has 0 saturated heterocycles. The summed E-state index contributed by atoms with van der Waals surface area (Å²) in [6.45, 7) is -0.780. The largest absolute Gasteiger partial charge is 0.418 e. The van der Waals surface area contributed by atoms with Crippen LogP contribution in [0.25, 0.3) is 33.4 Å². The van der Waals surface area contributed by atoms with Gasteiger partial charge < -0.3 is 24.5 Å².